The average Bonchev–Trinajstić information content (AvgIpc) is 2.41. The molecule has 0 aromatic carbocycles. The molecule has 18 heavy (non-hydrogen) atoms. The second kappa shape index (κ2) is 6.30. The summed E-state index contributed by atoms with van der Waals surface area (Å²) in [5.41, 5.74) is 0. The van der Waals surface area contributed by atoms with Gasteiger partial charge in [0.05, 0.1) is 6.54 Å². The molecule has 1 fully saturated rings. The SMILES string of the molecule is CNCC(=O)NC1CCN(c2ncccn2)CC1. The second-order valence-electron chi connectivity index (χ2n) is 4.41. The number of aromatic nitrogens is 2. The smallest absolute Gasteiger partial charge is 0.234 e. The zero-order valence-corrected chi connectivity index (χ0v) is 10.6. The van der Waals surface area contributed by atoms with Crippen LogP contribution in [0.15, 0.2) is 18.5 Å². The highest BCUT2D eigenvalue weighted by Gasteiger charge is 2.21. The largest absolute Gasteiger partial charge is 0.352 e. The van der Waals surface area contributed by atoms with E-state index >= 15 is 0 Å². The lowest BCUT2D eigenvalue weighted by Crippen LogP contribution is -2.47. The van der Waals surface area contributed by atoms with Crippen LogP contribution in [0, 0.1) is 0 Å². The second-order valence-corrected chi connectivity index (χ2v) is 4.41. The Morgan fingerprint density at radius 1 is 1.39 bits per heavy atom. The topological polar surface area (TPSA) is 70.2 Å². The molecule has 1 amide bonds. The highest BCUT2D eigenvalue weighted by Crippen LogP contribution is 2.14. The standard InChI is InChI=1S/C12H19N5O/c1-13-9-11(18)16-10-3-7-17(8-4-10)12-14-5-2-6-15-12/h2,5-6,10,13H,3-4,7-9H2,1H3,(H,16,18). The van der Waals surface area contributed by atoms with E-state index in [1.54, 1.807) is 19.4 Å². The van der Waals surface area contributed by atoms with Crippen LogP contribution in [-0.4, -0.2) is 48.6 Å². The molecule has 6 heteroatoms. The molecule has 0 atom stereocenters. The molecule has 1 aliphatic rings. The Kier molecular flexibility index (Phi) is 4.46. The molecule has 0 spiro atoms. The molecule has 0 bridgehead atoms. The van der Waals surface area contributed by atoms with Crippen LogP contribution >= 0.6 is 0 Å². The summed E-state index contributed by atoms with van der Waals surface area (Å²) in [5, 5.41) is 5.87. The summed E-state index contributed by atoms with van der Waals surface area (Å²) in [6.07, 6.45) is 5.38. The summed E-state index contributed by atoms with van der Waals surface area (Å²) in [4.78, 5) is 22.1. The van der Waals surface area contributed by atoms with Gasteiger partial charge in [-0.2, -0.15) is 0 Å². The van der Waals surface area contributed by atoms with Gasteiger partial charge in [0.15, 0.2) is 0 Å². The third-order valence-electron chi connectivity index (χ3n) is 3.03. The summed E-state index contributed by atoms with van der Waals surface area (Å²) in [6, 6.07) is 2.08. The molecule has 1 aromatic rings. The lowest BCUT2D eigenvalue weighted by molar-refractivity contribution is -0.120. The maximum absolute atomic E-state index is 11.5. The van der Waals surface area contributed by atoms with E-state index in [0.29, 0.717) is 6.54 Å². The minimum atomic E-state index is 0.0620. The number of carbonyl (C=O) groups excluding carboxylic acids is 1. The molecule has 2 rings (SSSR count). The van der Waals surface area contributed by atoms with Crippen molar-refractivity contribution in [2.24, 2.45) is 0 Å². The van der Waals surface area contributed by atoms with Crippen LogP contribution in [0.4, 0.5) is 5.95 Å². The highest BCUT2D eigenvalue weighted by atomic mass is 16.1. The Hall–Kier alpha value is -1.69. The molecule has 2 N–H and O–H groups in total. The summed E-state index contributed by atoms with van der Waals surface area (Å²) in [7, 11) is 1.77. The fourth-order valence-corrected chi connectivity index (χ4v) is 2.12. The highest BCUT2D eigenvalue weighted by molar-refractivity contribution is 5.78. The molecule has 98 valence electrons. The fourth-order valence-electron chi connectivity index (χ4n) is 2.12. The average molecular weight is 249 g/mol. The molecule has 0 saturated carbocycles. The molecule has 0 unspecified atom stereocenters. The van der Waals surface area contributed by atoms with Crippen molar-refractivity contribution in [1.82, 2.24) is 20.6 Å². The first kappa shape index (κ1) is 12.8. The summed E-state index contributed by atoms with van der Waals surface area (Å²) in [5.74, 6) is 0.837. The van der Waals surface area contributed by atoms with Crippen LogP contribution in [0.1, 0.15) is 12.8 Å². The van der Waals surface area contributed by atoms with Crippen LogP contribution in [-0.2, 0) is 4.79 Å². The number of amides is 1. The van der Waals surface area contributed by atoms with E-state index in [4.69, 9.17) is 0 Å². The monoisotopic (exact) mass is 249 g/mol. The number of rotatable bonds is 4. The van der Waals surface area contributed by atoms with Gasteiger partial charge in [-0.1, -0.05) is 0 Å². The van der Waals surface area contributed by atoms with Crippen molar-refractivity contribution >= 4 is 11.9 Å². The van der Waals surface area contributed by atoms with Crippen LogP contribution < -0.4 is 15.5 Å². The van der Waals surface area contributed by atoms with Gasteiger partial charge in [0, 0.05) is 31.5 Å². The number of carbonyl (C=O) groups is 1. The van der Waals surface area contributed by atoms with Crippen molar-refractivity contribution in [2.75, 3.05) is 31.6 Å². The van der Waals surface area contributed by atoms with Gasteiger partial charge in [-0.25, -0.2) is 9.97 Å². The van der Waals surface area contributed by atoms with Crippen LogP contribution in [0.25, 0.3) is 0 Å². The van der Waals surface area contributed by atoms with Crippen molar-refractivity contribution < 1.29 is 4.79 Å². The number of hydrogen-bond acceptors (Lipinski definition) is 5. The molecule has 1 aliphatic heterocycles. The molecule has 1 aromatic heterocycles. The predicted octanol–water partition coefficient (Wildman–Crippen LogP) is -0.219. The van der Waals surface area contributed by atoms with Crippen molar-refractivity contribution in [3.8, 4) is 0 Å². The van der Waals surface area contributed by atoms with Gasteiger partial charge in [0.25, 0.3) is 0 Å². The zero-order chi connectivity index (χ0) is 12.8. The molecule has 0 radical (unpaired) electrons. The van der Waals surface area contributed by atoms with E-state index < -0.39 is 0 Å². The van der Waals surface area contributed by atoms with E-state index in [0.717, 1.165) is 31.9 Å². The molecule has 2 heterocycles. The maximum atomic E-state index is 11.5. The predicted molar refractivity (Wildman–Crippen MR) is 69.3 cm³/mol. The third-order valence-corrected chi connectivity index (χ3v) is 3.03. The lowest BCUT2D eigenvalue weighted by atomic mass is 10.1. The lowest BCUT2D eigenvalue weighted by Gasteiger charge is -2.32. The molecule has 1 saturated heterocycles. The van der Waals surface area contributed by atoms with Crippen molar-refractivity contribution in [3.63, 3.8) is 0 Å². The first-order valence-electron chi connectivity index (χ1n) is 6.25. The van der Waals surface area contributed by atoms with E-state index in [1.807, 2.05) is 6.07 Å². The Balaban J connectivity index is 1.80. The van der Waals surface area contributed by atoms with Gasteiger partial charge < -0.3 is 15.5 Å². The van der Waals surface area contributed by atoms with Gasteiger partial charge >= 0.3 is 0 Å². The summed E-state index contributed by atoms with van der Waals surface area (Å²) >= 11 is 0. The van der Waals surface area contributed by atoms with E-state index in [9.17, 15) is 4.79 Å². The Morgan fingerprint density at radius 3 is 2.67 bits per heavy atom. The van der Waals surface area contributed by atoms with Gasteiger partial charge in [-0.05, 0) is 26.0 Å². The Labute approximate surface area is 107 Å². The third kappa shape index (κ3) is 3.40. The number of nitrogens with zero attached hydrogens (tertiary/aromatic N) is 3. The number of anilines is 1. The van der Waals surface area contributed by atoms with Gasteiger partial charge in [-0.3, -0.25) is 4.79 Å². The van der Waals surface area contributed by atoms with E-state index in [2.05, 4.69) is 25.5 Å². The summed E-state index contributed by atoms with van der Waals surface area (Å²) < 4.78 is 0. The van der Waals surface area contributed by atoms with Crippen LogP contribution in [0.3, 0.4) is 0 Å². The summed E-state index contributed by atoms with van der Waals surface area (Å²) in [6.45, 7) is 2.14. The molecular weight excluding hydrogens is 230 g/mol. The van der Waals surface area contributed by atoms with Gasteiger partial charge in [0.1, 0.15) is 0 Å². The molecule has 0 aliphatic carbocycles. The molecule has 6 nitrogen and oxygen atoms in total. The fraction of sp³-hybridized carbons (Fsp3) is 0.583. The van der Waals surface area contributed by atoms with Crippen molar-refractivity contribution in [3.05, 3.63) is 18.5 Å². The molecular formula is C12H19N5O. The minimum absolute atomic E-state index is 0.0620. The quantitative estimate of drug-likeness (QED) is 0.772. The van der Waals surface area contributed by atoms with Crippen molar-refractivity contribution in [2.45, 2.75) is 18.9 Å². The van der Waals surface area contributed by atoms with Crippen LogP contribution in [0.2, 0.25) is 0 Å². The number of hydrogen-bond donors (Lipinski definition) is 2. The minimum Gasteiger partial charge on any atom is -0.352 e. The van der Waals surface area contributed by atoms with Gasteiger partial charge in [0.2, 0.25) is 11.9 Å². The first-order valence-corrected chi connectivity index (χ1v) is 6.25. The number of piperidine rings is 1. The first-order chi connectivity index (χ1) is 8.79. The maximum Gasteiger partial charge on any atom is 0.234 e. The van der Waals surface area contributed by atoms with Crippen molar-refractivity contribution in [1.29, 1.82) is 0 Å². The van der Waals surface area contributed by atoms with Gasteiger partial charge in [-0.15, -0.1) is 0 Å². The normalized spacial score (nSPS) is 16.6. The zero-order valence-electron chi connectivity index (χ0n) is 10.6. The van der Waals surface area contributed by atoms with Crippen LogP contribution in [0.5, 0.6) is 0 Å². The van der Waals surface area contributed by atoms with E-state index in [-0.39, 0.29) is 11.9 Å². The Morgan fingerprint density at radius 2 is 2.06 bits per heavy atom. The number of likely N-dealkylation sites (N-methyl/N-ethyl adjacent to an activating group) is 1. The number of nitrogens with one attached hydrogen (secondary N) is 2. The van der Waals surface area contributed by atoms with E-state index in [1.165, 1.54) is 0 Å². The Bertz CT molecular complexity index is 375.